The highest BCUT2D eigenvalue weighted by atomic mass is 32.2. The predicted molar refractivity (Wildman–Crippen MR) is 98.6 cm³/mol. The van der Waals surface area contributed by atoms with Crippen LogP contribution in [0.5, 0.6) is 0 Å². The molecule has 0 radical (unpaired) electrons. The number of hydrogen-bond donors (Lipinski definition) is 0. The molecule has 1 unspecified atom stereocenters. The molecule has 1 fully saturated rings. The maximum Gasteiger partial charge on any atom is 0.338 e. The third-order valence-electron chi connectivity index (χ3n) is 5.07. The minimum Gasteiger partial charge on any atom is -0.451 e. The van der Waals surface area contributed by atoms with Crippen LogP contribution in [0.4, 0.5) is 0 Å². The van der Waals surface area contributed by atoms with Crippen LogP contribution < -0.4 is 0 Å². The largest absolute Gasteiger partial charge is 0.451 e. The highest BCUT2D eigenvalue weighted by Crippen LogP contribution is 2.28. The molecule has 0 saturated carbocycles. The quantitative estimate of drug-likeness (QED) is 0.733. The van der Waals surface area contributed by atoms with Crippen LogP contribution >= 0.6 is 0 Å². The molecule has 0 bridgehead atoms. The third-order valence-corrected chi connectivity index (χ3v) is 7.10. The van der Waals surface area contributed by atoms with E-state index < -0.39 is 22.1 Å². The number of ketones is 1. The molecule has 0 amide bonds. The molecule has 0 aliphatic carbocycles. The summed E-state index contributed by atoms with van der Waals surface area (Å²) >= 11 is 0. The van der Waals surface area contributed by atoms with Crippen molar-refractivity contribution in [2.24, 2.45) is 5.92 Å². The molecular weight excluding hydrogens is 354 g/mol. The summed E-state index contributed by atoms with van der Waals surface area (Å²) in [6, 6.07) is 2.96. The van der Waals surface area contributed by atoms with E-state index in [1.165, 1.54) is 24.2 Å². The Morgan fingerprint density at radius 1 is 1.19 bits per heavy atom. The van der Waals surface area contributed by atoms with Gasteiger partial charge in [0.15, 0.2) is 11.9 Å². The molecule has 1 aliphatic heterocycles. The maximum atomic E-state index is 13.1. The van der Waals surface area contributed by atoms with Crippen molar-refractivity contribution in [3.63, 3.8) is 0 Å². The first-order valence-corrected chi connectivity index (χ1v) is 10.3. The molecule has 0 N–H and O–H groups in total. The fourth-order valence-corrected chi connectivity index (χ4v) is 4.68. The second-order valence-corrected chi connectivity index (χ2v) is 9.07. The predicted octanol–water partition coefficient (Wildman–Crippen LogP) is 2.86. The van der Waals surface area contributed by atoms with Gasteiger partial charge >= 0.3 is 5.97 Å². The van der Waals surface area contributed by atoms with Crippen LogP contribution in [0.15, 0.2) is 17.0 Å². The molecule has 1 heterocycles. The second-order valence-electron chi connectivity index (χ2n) is 7.16. The van der Waals surface area contributed by atoms with Crippen LogP contribution in [0.2, 0.25) is 0 Å². The van der Waals surface area contributed by atoms with Gasteiger partial charge in [-0.2, -0.15) is 4.31 Å². The van der Waals surface area contributed by atoms with Crippen LogP contribution in [-0.2, 0) is 19.6 Å². The van der Waals surface area contributed by atoms with Gasteiger partial charge in [0.2, 0.25) is 10.0 Å². The Kier molecular flexibility index (Phi) is 6.24. The summed E-state index contributed by atoms with van der Waals surface area (Å²) in [4.78, 5) is 23.8. The van der Waals surface area contributed by atoms with Crippen LogP contribution in [0, 0.1) is 19.8 Å². The van der Waals surface area contributed by atoms with Gasteiger partial charge in [-0.05, 0) is 69.7 Å². The minimum atomic E-state index is -3.68. The van der Waals surface area contributed by atoms with Gasteiger partial charge in [0.1, 0.15) is 0 Å². The van der Waals surface area contributed by atoms with E-state index >= 15 is 0 Å². The summed E-state index contributed by atoms with van der Waals surface area (Å²) in [5, 5.41) is 0. The zero-order valence-electron chi connectivity index (χ0n) is 16.0. The molecule has 2 rings (SSSR count). The van der Waals surface area contributed by atoms with E-state index in [-0.39, 0.29) is 16.2 Å². The van der Waals surface area contributed by atoms with Crippen molar-refractivity contribution in [3.05, 3.63) is 28.8 Å². The summed E-state index contributed by atoms with van der Waals surface area (Å²) in [6.45, 7) is 9.42. The lowest BCUT2D eigenvalue weighted by molar-refractivity contribution is -0.124. The van der Waals surface area contributed by atoms with Crippen molar-refractivity contribution in [2.75, 3.05) is 13.1 Å². The van der Waals surface area contributed by atoms with E-state index in [1.54, 1.807) is 19.9 Å². The van der Waals surface area contributed by atoms with Crippen LogP contribution in [0.1, 0.15) is 55.1 Å². The molecule has 26 heavy (non-hydrogen) atoms. The van der Waals surface area contributed by atoms with Gasteiger partial charge in [-0.1, -0.05) is 6.92 Å². The van der Waals surface area contributed by atoms with Gasteiger partial charge < -0.3 is 4.74 Å². The van der Waals surface area contributed by atoms with Crippen molar-refractivity contribution in [2.45, 2.75) is 58.5 Å². The van der Waals surface area contributed by atoms with Gasteiger partial charge in [0.05, 0.1) is 10.5 Å². The van der Waals surface area contributed by atoms with Crippen molar-refractivity contribution in [1.82, 2.24) is 4.31 Å². The molecule has 0 spiro atoms. The molecule has 0 aromatic heterocycles. The number of esters is 1. The van der Waals surface area contributed by atoms with Gasteiger partial charge in [-0.25, -0.2) is 13.2 Å². The lowest BCUT2D eigenvalue weighted by Gasteiger charge is -2.30. The number of Topliss-reactive ketones (excluding diaryl/α,β-unsaturated/α-hetero) is 1. The number of ether oxygens (including phenoxy) is 1. The lowest BCUT2D eigenvalue weighted by atomic mass is 10.0. The Morgan fingerprint density at radius 3 is 2.31 bits per heavy atom. The van der Waals surface area contributed by atoms with Gasteiger partial charge in [0.25, 0.3) is 0 Å². The average molecular weight is 381 g/mol. The number of sulfonamides is 1. The number of carbonyl (C=O) groups is 2. The first kappa shape index (κ1) is 20.6. The standard InChI is InChI=1S/C19H27NO5S/c1-12-6-8-20(9-7-12)26(23,24)18-11-17(10-13(2)14(18)3)19(22)25-16(5)15(4)21/h10-12,16H,6-9H2,1-5H3. The highest BCUT2D eigenvalue weighted by molar-refractivity contribution is 7.89. The monoisotopic (exact) mass is 381 g/mol. The van der Waals surface area contributed by atoms with E-state index in [4.69, 9.17) is 4.74 Å². The number of rotatable bonds is 5. The topological polar surface area (TPSA) is 80.8 Å². The minimum absolute atomic E-state index is 0.134. The van der Waals surface area contributed by atoms with Crippen molar-refractivity contribution in [1.29, 1.82) is 0 Å². The molecule has 1 aromatic rings. The molecule has 144 valence electrons. The summed E-state index contributed by atoms with van der Waals surface area (Å²) in [5.41, 5.74) is 1.46. The SMILES string of the molecule is CC(=O)C(C)OC(=O)c1cc(C)c(C)c(S(=O)(=O)N2CCC(C)CC2)c1. The first-order chi connectivity index (χ1) is 12.0. The molecular formula is C19H27NO5S. The Hall–Kier alpha value is -1.73. The van der Waals surface area contributed by atoms with Gasteiger partial charge in [-0.3, -0.25) is 4.79 Å². The fourth-order valence-electron chi connectivity index (χ4n) is 2.89. The van der Waals surface area contributed by atoms with E-state index in [0.717, 1.165) is 12.8 Å². The molecule has 1 aromatic carbocycles. The van der Waals surface area contributed by atoms with Gasteiger partial charge in [-0.15, -0.1) is 0 Å². The number of aryl methyl sites for hydroxylation is 1. The van der Waals surface area contributed by atoms with E-state index in [1.807, 2.05) is 0 Å². The summed E-state index contributed by atoms with van der Waals surface area (Å²) in [5.74, 6) is -0.448. The number of hydrogen-bond acceptors (Lipinski definition) is 5. The normalized spacial score (nSPS) is 17.7. The number of piperidine rings is 1. The number of nitrogens with zero attached hydrogens (tertiary/aromatic N) is 1. The Balaban J connectivity index is 2.38. The zero-order chi connectivity index (χ0) is 19.6. The van der Waals surface area contributed by atoms with Crippen molar-refractivity contribution < 1.29 is 22.7 Å². The fraction of sp³-hybridized carbons (Fsp3) is 0.579. The van der Waals surface area contributed by atoms with E-state index in [2.05, 4.69) is 6.92 Å². The highest BCUT2D eigenvalue weighted by Gasteiger charge is 2.30. The van der Waals surface area contributed by atoms with Crippen LogP contribution in [0.25, 0.3) is 0 Å². The van der Waals surface area contributed by atoms with Crippen molar-refractivity contribution >= 4 is 21.8 Å². The summed E-state index contributed by atoms with van der Waals surface area (Å²) in [6.07, 6.45) is 0.789. The maximum absolute atomic E-state index is 13.1. The smallest absolute Gasteiger partial charge is 0.338 e. The lowest BCUT2D eigenvalue weighted by Crippen LogP contribution is -2.38. The molecule has 1 atom stereocenters. The molecule has 1 aliphatic rings. The van der Waals surface area contributed by atoms with Crippen LogP contribution in [0.3, 0.4) is 0 Å². The zero-order valence-corrected chi connectivity index (χ0v) is 16.9. The van der Waals surface area contributed by atoms with Crippen LogP contribution in [-0.4, -0.2) is 43.7 Å². The first-order valence-electron chi connectivity index (χ1n) is 8.87. The van der Waals surface area contributed by atoms with E-state index in [0.29, 0.717) is 30.1 Å². The van der Waals surface area contributed by atoms with Crippen molar-refractivity contribution in [3.8, 4) is 0 Å². The van der Waals surface area contributed by atoms with E-state index in [9.17, 15) is 18.0 Å². The Labute approximate surface area is 155 Å². The molecule has 7 heteroatoms. The van der Waals surface area contributed by atoms with Gasteiger partial charge in [0, 0.05) is 13.1 Å². The summed E-state index contributed by atoms with van der Waals surface area (Å²) in [7, 11) is -3.68. The number of carbonyl (C=O) groups excluding carboxylic acids is 2. The average Bonchev–Trinajstić information content (AvgIpc) is 2.57. The summed E-state index contributed by atoms with van der Waals surface area (Å²) < 4.78 is 32.8. The second kappa shape index (κ2) is 7.88. The molecule has 6 nitrogen and oxygen atoms in total. The third kappa shape index (κ3) is 4.32. The number of benzene rings is 1. The Bertz CT molecular complexity index is 807. The molecule has 1 saturated heterocycles. The Morgan fingerprint density at radius 2 is 1.77 bits per heavy atom.